The molecule has 1 fully saturated rings. The summed E-state index contributed by atoms with van der Waals surface area (Å²) >= 11 is 1.67. The number of hydrogen-bond acceptors (Lipinski definition) is 4. The lowest BCUT2D eigenvalue weighted by molar-refractivity contribution is -0.115. The van der Waals surface area contributed by atoms with Gasteiger partial charge in [0.05, 0.1) is 11.0 Å². The van der Waals surface area contributed by atoms with Crippen LogP contribution in [0, 0.1) is 13.8 Å². The maximum atomic E-state index is 12.3. The highest BCUT2D eigenvalue weighted by molar-refractivity contribution is 7.99. The molecular weight excluding hydrogens is 390 g/mol. The second-order valence-electron chi connectivity index (χ2n) is 7.44. The van der Waals surface area contributed by atoms with Crippen molar-refractivity contribution in [2.45, 2.75) is 61.0 Å². The summed E-state index contributed by atoms with van der Waals surface area (Å²) in [6, 6.07) is 14.0. The van der Waals surface area contributed by atoms with Crippen LogP contribution in [0.15, 0.2) is 52.3 Å². The fourth-order valence-electron chi connectivity index (χ4n) is 3.39. The molecule has 0 aliphatic heterocycles. The molecule has 28 heavy (non-hydrogen) atoms. The Labute approximate surface area is 172 Å². The topological polar surface area (TPSA) is 63.2 Å². The van der Waals surface area contributed by atoms with Gasteiger partial charge in [0.25, 0.3) is 0 Å². The summed E-state index contributed by atoms with van der Waals surface area (Å²) in [6.45, 7) is 4.20. The van der Waals surface area contributed by atoms with Gasteiger partial charge in [-0.15, -0.1) is 0 Å². The zero-order valence-electron chi connectivity index (χ0n) is 16.4. The third kappa shape index (κ3) is 5.61. The van der Waals surface area contributed by atoms with Gasteiger partial charge >= 0.3 is 0 Å². The van der Waals surface area contributed by atoms with E-state index in [2.05, 4.69) is 37.4 Å². The van der Waals surface area contributed by atoms with Crippen LogP contribution in [0.5, 0.6) is 0 Å². The molecule has 2 aromatic rings. The van der Waals surface area contributed by atoms with E-state index in [0.717, 1.165) is 30.6 Å². The maximum absolute atomic E-state index is 12.3. The van der Waals surface area contributed by atoms with E-state index in [1.165, 1.54) is 16.0 Å². The van der Waals surface area contributed by atoms with Crippen LogP contribution < -0.4 is 5.32 Å². The molecule has 150 valence electrons. The number of rotatable bonds is 7. The van der Waals surface area contributed by atoms with Crippen LogP contribution in [0.3, 0.4) is 0 Å². The van der Waals surface area contributed by atoms with Crippen LogP contribution in [0.1, 0.15) is 43.2 Å². The molecule has 0 heterocycles. The van der Waals surface area contributed by atoms with E-state index >= 15 is 0 Å². The van der Waals surface area contributed by atoms with Crippen LogP contribution in [0.4, 0.5) is 5.69 Å². The van der Waals surface area contributed by atoms with E-state index in [1.807, 2.05) is 24.3 Å². The van der Waals surface area contributed by atoms with Crippen molar-refractivity contribution in [2.24, 2.45) is 0 Å². The van der Waals surface area contributed by atoms with Crippen molar-refractivity contribution < 1.29 is 13.2 Å². The quantitative estimate of drug-likeness (QED) is 0.677. The number of sulfone groups is 1. The van der Waals surface area contributed by atoms with Gasteiger partial charge in [0.15, 0.2) is 9.84 Å². The Hall–Kier alpha value is -1.79. The molecule has 6 heteroatoms. The molecule has 0 bridgehead atoms. The van der Waals surface area contributed by atoms with E-state index in [-0.39, 0.29) is 23.3 Å². The monoisotopic (exact) mass is 417 g/mol. The summed E-state index contributed by atoms with van der Waals surface area (Å²) in [7, 11) is -3.16. The first-order chi connectivity index (χ1) is 13.3. The zero-order valence-corrected chi connectivity index (χ0v) is 18.0. The molecule has 4 nitrogen and oxygen atoms in total. The van der Waals surface area contributed by atoms with Crippen molar-refractivity contribution in [1.82, 2.24) is 0 Å². The largest absolute Gasteiger partial charge is 0.326 e. The van der Waals surface area contributed by atoms with Crippen LogP contribution in [-0.4, -0.2) is 25.3 Å². The third-order valence-corrected chi connectivity index (χ3v) is 8.53. The smallest absolute Gasteiger partial charge is 0.225 e. The van der Waals surface area contributed by atoms with Gasteiger partial charge in [-0.3, -0.25) is 4.79 Å². The second-order valence-corrected chi connectivity index (χ2v) is 11.0. The van der Waals surface area contributed by atoms with Gasteiger partial charge in [-0.2, -0.15) is 0 Å². The molecule has 1 saturated carbocycles. The molecule has 0 unspecified atom stereocenters. The van der Waals surface area contributed by atoms with Crippen LogP contribution in [0.2, 0.25) is 0 Å². The van der Waals surface area contributed by atoms with E-state index in [0.29, 0.717) is 5.69 Å². The van der Waals surface area contributed by atoms with Gasteiger partial charge in [-0.25, -0.2) is 8.42 Å². The molecular formula is C22H27NO3S2. The first-order valence-electron chi connectivity index (χ1n) is 9.70. The lowest BCUT2D eigenvalue weighted by atomic mass is 10.1. The summed E-state index contributed by atoms with van der Waals surface area (Å²) in [5, 5.41) is 2.55. The molecule has 1 aliphatic rings. The predicted molar refractivity (Wildman–Crippen MR) is 116 cm³/mol. The number of amides is 1. The van der Waals surface area contributed by atoms with Crippen molar-refractivity contribution in [1.29, 1.82) is 0 Å². The molecule has 2 aromatic carbocycles. The molecule has 1 aliphatic carbocycles. The van der Waals surface area contributed by atoms with Crippen molar-refractivity contribution in [3.63, 3.8) is 0 Å². The van der Waals surface area contributed by atoms with E-state index in [4.69, 9.17) is 0 Å². The number of carbonyl (C=O) groups is 1. The summed E-state index contributed by atoms with van der Waals surface area (Å²) in [5.74, 6) is -0.319. The Morgan fingerprint density at radius 2 is 1.64 bits per heavy atom. The van der Waals surface area contributed by atoms with Crippen molar-refractivity contribution in [3.05, 3.63) is 53.6 Å². The number of hydrogen-bond donors (Lipinski definition) is 1. The molecule has 1 N–H and O–H groups in total. The summed E-state index contributed by atoms with van der Waals surface area (Å²) < 4.78 is 24.5. The molecule has 0 aromatic heterocycles. The molecule has 3 rings (SSSR count). The predicted octanol–water partition coefficient (Wildman–Crippen LogP) is 5.14. The summed E-state index contributed by atoms with van der Waals surface area (Å²) in [5.41, 5.74) is 3.23. The highest BCUT2D eigenvalue weighted by atomic mass is 32.2. The Morgan fingerprint density at radius 1 is 1.00 bits per heavy atom. The Bertz CT molecular complexity index is 931. The second kappa shape index (κ2) is 9.14. The minimum Gasteiger partial charge on any atom is -0.326 e. The number of nitrogens with one attached hydrogen (secondary N) is 1. The third-order valence-electron chi connectivity index (χ3n) is 5.28. The zero-order chi connectivity index (χ0) is 20.1. The van der Waals surface area contributed by atoms with Crippen molar-refractivity contribution in [3.8, 4) is 0 Å². The fourth-order valence-corrected chi connectivity index (χ4v) is 6.16. The SMILES string of the molecule is Cc1ccc(Sc2ccc(NC(=O)CCS(=O)(=O)C3CCCC3)cc2)cc1C. The highest BCUT2D eigenvalue weighted by Gasteiger charge is 2.28. The van der Waals surface area contributed by atoms with E-state index < -0.39 is 9.84 Å². The summed E-state index contributed by atoms with van der Waals surface area (Å²) in [6.07, 6.45) is 3.44. The lowest BCUT2D eigenvalue weighted by Crippen LogP contribution is -2.24. The average molecular weight is 418 g/mol. The van der Waals surface area contributed by atoms with Gasteiger partial charge in [-0.1, -0.05) is 30.7 Å². The Morgan fingerprint density at radius 3 is 2.29 bits per heavy atom. The highest BCUT2D eigenvalue weighted by Crippen LogP contribution is 2.30. The first kappa shape index (κ1) is 20.9. The molecule has 0 radical (unpaired) electrons. The number of anilines is 1. The van der Waals surface area contributed by atoms with E-state index in [1.54, 1.807) is 11.8 Å². The van der Waals surface area contributed by atoms with Gasteiger partial charge < -0.3 is 5.32 Å². The van der Waals surface area contributed by atoms with Gasteiger partial charge in [0, 0.05) is 21.9 Å². The van der Waals surface area contributed by atoms with Crippen LogP contribution in [-0.2, 0) is 14.6 Å². The molecule has 0 spiro atoms. The fraction of sp³-hybridized carbons (Fsp3) is 0.409. The first-order valence-corrected chi connectivity index (χ1v) is 12.2. The lowest BCUT2D eigenvalue weighted by Gasteiger charge is -2.11. The van der Waals surface area contributed by atoms with E-state index in [9.17, 15) is 13.2 Å². The summed E-state index contributed by atoms with van der Waals surface area (Å²) in [4.78, 5) is 14.4. The minimum atomic E-state index is -3.16. The maximum Gasteiger partial charge on any atom is 0.225 e. The molecule has 0 saturated heterocycles. The average Bonchev–Trinajstić information content (AvgIpc) is 3.21. The normalized spacial score (nSPS) is 14.9. The van der Waals surface area contributed by atoms with Gasteiger partial charge in [0.1, 0.15) is 0 Å². The van der Waals surface area contributed by atoms with Gasteiger partial charge in [-0.05, 0) is 74.2 Å². The molecule has 0 atom stereocenters. The Kier molecular flexibility index (Phi) is 6.83. The number of aryl methyl sites for hydroxylation is 2. The van der Waals surface area contributed by atoms with Crippen molar-refractivity contribution >= 4 is 33.2 Å². The Balaban J connectivity index is 1.52. The van der Waals surface area contributed by atoms with Crippen LogP contribution >= 0.6 is 11.8 Å². The minimum absolute atomic E-state index is 0.0119. The van der Waals surface area contributed by atoms with Gasteiger partial charge in [0.2, 0.25) is 5.91 Å². The molecule has 1 amide bonds. The standard InChI is InChI=1S/C22H27NO3S2/c1-16-7-10-20(15-17(16)2)27-19-11-8-18(9-12-19)23-22(24)13-14-28(25,26)21-5-3-4-6-21/h7-12,15,21H,3-6,13-14H2,1-2H3,(H,23,24). The number of benzene rings is 2. The van der Waals surface area contributed by atoms with Crippen LogP contribution in [0.25, 0.3) is 0 Å². The number of carbonyl (C=O) groups excluding carboxylic acids is 1. The van der Waals surface area contributed by atoms with Crippen molar-refractivity contribution in [2.75, 3.05) is 11.1 Å².